The Labute approximate surface area is 118 Å². The summed E-state index contributed by atoms with van der Waals surface area (Å²) in [5.74, 6) is 0.652. The molecule has 1 atom stereocenters. The molecule has 0 fully saturated rings. The molecule has 1 rings (SSSR count). The number of hydrogen-bond acceptors (Lipinski definition) is 3. The first-order valence-electron chi connectivity index (χ1n) is 7.37. The van der Waals surface area contributed by atoms with Gasteiger partial charge in [-0.2, -0.15) is 0 Å². The Bertz CT molecular complexity index is 363. The first kappa shape index (κ1) is 16.1. The smallest absolute Gasteiger partial charge is 0.0547 e. The van der Waals surface area contributed by atoms with Gasteiger partial charge in [0, 0.05) is 24.8 Å². The van der Waals surface area contributed by atoms with Crippen LogP contribution in [0.15, 0.2) is 18.2 Å². The van der Waals surface area contributed by atoms with Crippen molar-refractivity contribution in [2.24, 2.45) is 5.92 Å². The Balaban J connectivity index is 2.50. The van der Waals surface area contributed by atoms with Crippen LogP contribution in [0, 0.1) is 12.8 Å². The summed E-state index contributed by atoms with van der Waals surface area (Å²) >= 11 is 0. The topological polar surface area (TPSA) is 28.2 Å². The lowest BCUT2D eigenvalue weighted by molar-refractivity contribution is 0.246. The van der Waals surface area contributed by atoms with Gasteiger partial charge in [-0.1, -0.05) is 26.8 Å². The van der Waals surface area contributed by atoms with Crippen LogP contribution in [0.5, 0.6) is 0 Å². The number of hydrogen-bond donors (Lipinski definition) is 1. The Hall–Kier alpha value is -0.930. The molecular formula is C16H29N3. The molecule has 3 heteroatoms. The van der Waals surface area contributed by atoms with Crippen LogP contribution in [0.3, 0.4) is 0 Å². The lowest BCUT2D eigenvalue weighted by atomic mass is 10.0. The molecule has 0 aliphatic rings. The summed E-state index contributed by atoms with van der Waals surface area (Å²) in [6.45, 7) is 11.9. The molecule has 0 saturated carbocycles. The van der Waals surface area contributed by atoms with E-state index in [0.29, 0.717) is 12.0 Å². The molecule has 0 bridgehead atoms. The zero-order chi connectivity index (χ0) is 14.3. The molecule has 0 spiro atoms. The standard InChI is InChI=1S/C16H29N3/c1-6-10-17-16(13(2)3)12-19(5)11-15-9-7-8-14(4)18-15/h7-9,13,16-17H,6,10-12H2,1-5H3. The van der Waals surface area contributed by atoms with Gasteiger partial charge in [0.2, 0.25) is 0 Å². The van der Waals surface area contributed by atoms with E-state index in [9.17, 15) is 0 Å². The van der Waals surface area contributed by atoms with E-state index >= 15 is 0 Å². The van der Waals surface area contributed by atoms with Crippen LogP contribution < -0.4 is 5.32 Å². The van der Waals surface area contributed by atoms with Crippen LogP contribution in [0.2, 0.25) is 0 Å². The molecule has 0 aliphatic heterocycles. The Morgan fingerprint density at radius 1 is 1.32 bits per heavy atom. The van der Waals surface area contributed by atoms with Gasteiger partial charge in [-0.25, -0.2) is 0 Å². The highest BCUT2D eigenvalue weighted by atomic mass is 15.1. The third-order valence-electron chi connectivity index (χ3n) is 3.35. The molecule has 1 N–H and O–H groups in total. The van der Waals surface area contributed by atoms with Crippen molar-refractivity contribution < 1.29 is 0 Å². The van der Waals surface area contributed by atoms with Crippen LogP contribution in [0.25, 0.3) is 0 Å². The van der Waals surface area contributed by atoms with E-state index in [1.165, 1.54) is 6.42 Å². The number of pyridine rings is 1. The fourth-order valence-corrected chi connectivity index (χ4v) is 2.21. The number of rotatable bonds is 8. The first-order valence-corrected chi connectivity index (χ1v) is 7.37. The van der Waals surface area contributed by atoms with Gasteiger partial charge in [0.25, 0.3) is 0 Å². The molecule has 19 heavy (non-hydrogen) atoms. The van der Waals surface area contributed by atoms with Crippen molar-refractivity contribution >= 4 is 0 Å². The molecule has 0 amide bonds. The maximum Gasteiger partial charge on any atom is 0.0547 e. The van der Waals surface area contributed by atoms with Crippen LogP contribution in [0.4, 0.5) is 0 Å². The zero-order valence-electron chi connectivity index (χ0n) is 13.1. The van der Waals surface area contributed by atoms with Crippen LogP contribution in [0.1, 0.15) is 38.6 Å². The van der Waals surface area contributed by atoms with Gasteiger partial charge in [0.1, 0.15) is 0 Å². The van der Waals surface area contributed by atoms with E-state index < -0.39 is 0 Å². The van der Waals surface area contributed by atoms with E-state index in [4.69, 9.17) is 0 Å². The molecule has 1 aromatic rings. The Kier molecular flexibility index (Phi) is 7.03. The number of aromatic nitrogens is 1. The summed E-state index contributed by atoms with van der Waals surface area (Å²) in [7, 11) is 2.17. The maximum atomic E-state index is 4.57. The molecular weight excluding hydrogens is 234 g/mol. The molecule has 0 saturated heterocycles. The van der Waals surface area contributed by atoms with Gasteiger partial charge in [-0.05, 0) is 45.0 Å². The highest BCUT2D eigenvalue weighted by molar-refractivity contribution is 5.09. The normalized spacial score (nSPS) is 13.2. The predicted molar refractivity (Wildman–Crippen MR) is 82.2 cm³/mol. The van der Waals surface area contributed by atoms with Crippen LogP contribution >= 0.6 is 0 Å². The fraction of sp³-hybridized carbons (Fsp3) is 0.688. The molecule has 0 aromatic carbocycles. The van der Waals surface area contributed by atoms with E-state index in [2.05, 4.69) is 55.2 Å². The number of nitrogens with zero attached hydrogens (tertiary/aromatic N) is 2. The lowest BCUT2D eigenvalue weighted by Crippen LogP contribution is -2.43. The summed E-state index contributed by atoms with van der Waals surface area (Å²) in [6.07, 6.45) is 1.19. The van der Waals surface area contributed by atoms with Crippen molar-refractivity contribution in [1.82, 2.24) is 15.2 Å². The van der Waals surface area contributed by atoms with E-state index in [1.54, 1.807) is 0 Å². The van der Waals surface area contributed by atoms with Gasteiger partial charge in [-0.3, -0.25) is 9.88 Å². The monoisotopic (exact) mass is 263 g/mol. The highest BCUT2D eigenvalue weighted by Crippen LogP contribution is 2.07. The first-order chi connectivity index (χ1) is 9.02. The van der Waals surface area contributed by atoms with Gasteiger partial charge in [0.15, 0.2) is 0 Å². The van der Waals surface area contributed by atoms with Gasteiger partial charge < -0.3 is 5.32 Å². The van der Waals surface area contributed by atoms with Crippen LogP contribution in [-0.4, -0.2) is 36.1 Å². The quantitative estimate of drug-likeness (QED) is 0.781. The molecule has 1 unspecified atom stereocenters. The zero-order valence-corrected chi connectivity index (χ0v) is 13.1. The average Bonchev–Trinajstić information content (AvgIpc) is 2.34. The second-order valence-corrected chi connectivity index (χ2v) is 5.77. The third-order valence-corrected chi connectivity index (χ3v) is 3.35. The molecule has 0 aliphatic carbocycles. The molecule has 108 valence electrons. The summed E-state index contributed by atoms with van der Waals surface area (Å²) < 4.78 is 0. The number of likely N-dealkylation sites (N-methyl/N-ethyl adjacent to an activating group) is 1. The second kappa shape index (κ2) is 8.28. The van der Waals surface area contributed by atoms with Crippen molar-refractivity contribution in [3.8, 4) is 0 Å². The Morgan fingerprint density at radius 2 is 2.05 bits per heavy atom. The van der Waals surface area contributed by atoms with Crippen molar-refractivity contribution in [3.63, 3.8) is 0 Å². The summed E-state index contributed by atoms with van der Waals surface area (Å²) in [5, 5.41) is 3.63. The van der Waals surface area contributed by atoms with E-state index in [1.807, 2.05) is 13.0 Å². The number of aryl methyl sites for hydroxylation is 1. The molecule has 0 radical (unpaired) electrons. The largest absolute Gasteiger partial charge is 0.312 e. The molecule has 3 nitrogen and oxygen atoms in total. The maximum absolute atomic E-state index is 4.57. The van der Waals surface area contributed by atoms with Crippen molar-refractivity contribution in [1.29, 1.82) is 0 Å². The van der Waals surface area contributed by atoms with E-state index in [0.717, 1.165) is 31.0 Å². The van der Waals surface area contributed by atoms with Gasteiger partial charge in [-0.15, -0.1) is 0 Å². The highest BCUT2D eigenvalue weighted by Gasteiger charge is 2.15. The minimum absolute atomic E-state index is 0.551. The van der Waals surface area contributed by atoms with Crippen molar-refractivity contribution in [2.75, 3.05) is 20.1 Å². The Morgan fingerprint density at radius 3 is 2.63 bits per heavy atom. The minimum atomic E-state index is 0.551. The van der Waals surface area contributed by atoms with Crippen molar-refractivity contribution in [2.45, 2.75) is 46.7 Å². The second-order valence-electron chi connectivity index (χ2n) is 5.77. The van der Waals surface area contributed by atoms with Gasteiger partial charge >= 0.3 is 0 Å². The van der Waals surface area contributed by atoms with Crippen LogP contribution in [-0.2, 0) is 6.54 Å². The fourth-order valence-electron chi connectivity index (χ4n) is 2.21. The van der Waals surface area contributed by atoms with Gasteiger partial charge in [0.05, 0.1) is 5.69 Å². The van der Waals surface area contributed by atoms with Crippen molar-refractivity contribution in [3.05, 3.63) is 29.6 Å². The van der Waals surface area contributed by atoms with E-state index in [-0.39, 0.29) is 0 Å². The molecule has 1 heterocycles. The summed E-state index contributed by atoms with van der Waals surface area (Å²) in [4.78, 5) is 6.92. The third kappa shape index (κ3) is 6.17. The minimum Gasteiger partial charge on any atom is -0.312 e. The summed E-state index contributed by atoms with van der Waals surface area (Å²) in [6, 6.07) is 6.78. The molecule has 1 aromatic heterocycles. The average molecular weight is 263 g/mol. The summed E-state index contributed by atoms with van der Waals surface area (Å²) in [5.41, 5.74) is 2.25. The number of nitrogens with one attached hydrogen (secondary N) is 1. The lowest BCUT2D eigenvalue weighted by Gasteiger charge is -2.27. The SMILES string of the molecule is CCCNC(CN(C)Cc1cccc(C)n1)C(C)C. The predicted octanol–water partition coefficient (Wildman–Crippen LogP) is 2.85.